The molecular weight excluding hydrogens is 395 g/mol. The van der Waals surface area contributed by atoms with Gasteiger partial charge in [0, 0.05) is 28.5 Å². The van der Waals surface area contributed by atoms with E-state index in [1.165, 1.54) is 12.1 Å². The van der Waals surface area contributed by atoms with Crippen molar-refractivity contribution in [1.82, 2.24) is 9.13 Å². The highest BCUT2D eigenvalue weighted by Gasteiger charge is 2.20. The van der Waals surface area contributed by atoms with Crippen molar-refractivity contribution in [3.8, 4) is 11.6 Å². The van der Waals surface area contributed by atoms with Crippen molar-refractivity contribution in [2.45, 2.75) is 33.7 Å². The van der Waals surface area contributed by atoms with Gasteiger partial charge in [0.25, 0.3) is 5.91 Å². The third kappa shape index (κ3) is 3.52. The Bertz CT molecular complexity index is 1310. The number of carbonyl (C=O) groups is 1. The Balaban J connectivity index is 1.72. The molecule has 1 N–H and O–H groups in total. The predicted molar refractivity (Wildman–Crippen MR) is 118 cm³/mol. The Hall–Kier alpha value is -3.74. The SMILES string of the molecule is Cc1cc(C(=O)N=Nc2c(O)n(C(C)C)c3ccccc23)c(C)n1-c1ccc(F)cc1. The van der Waals surface area contributed by atoms with Crippen molar-refractivity contribution in [1.29, 1.82) is 0 Å². The number of benzene rings is 2. The summed E-state index contributed by atoms with van der Waals surface area (Å²) in [5.74, 6) is -0.858. The smallest absolute Gasteiger partial charge is 0.297 e. The van der Waals surface area contributed by atoms with Crippen LogP contribution >= 0.6 is 0 Å². The molecule has 0 spiro atoms. The Labute approximate surface area is 179 Å². The molecule has 0 saturated heterocycles. The molecule has 0 bridgehead atoms. The van der Waals surface area contributed by atoms with E-state index in [1.54, 1.807) is 29.7 Å². The zero-order valence-electron chi connectivity index (χ0n) is 17.8. The molecule has 0 aliphatic carbocycles. The molecule has 0 atom stereocenters. The van der Waals surface area contributed by atoms with Gasteiger partial charge in [-0.3, -0.25) is 4.79 Å². The number of nitrogens with zero attached hydrogens (tertiary/aromatic N) is 4. The van der Waals surface area contributed by atoms with E-state index < -0.39 is 5.91 Å². The molecular formula is C24H23FN4O2. The zero-order chi connectivity index (χ0) is 22.3. The highest BCUT2D eigenvalue weighted by Crippen LogP contribution is 2.40. The third-order valence-electron chi connectivity index (χ3n) is 5.36. The molecule has 0 aliphatic rings. The summed E-state index contributed by atoms with van der Waals surface area (Å²) in [6.45, 7) is 7.60. The largest absolute Gasteiger partial charge is 0.493 e. The molecule has 0 radical (unpaired) electrons. The van der Waals surface area contributed by atoms with Crippen molar-refractivity contribution >= 4 is 22.5 Å². The van der Waals surface area contributed by atoms with Gasteiger partial charge in [-0.25, -0.2) is 4.39 Å². The zero-order valence-corrected chi connectivity index (χ0v) is 17.8. The summed E-state index contributed by atoms with van der Waals surface area (Å²) in [6, 6.07) is 15.3. The molecule has 4 aromatic rings. The van der Waals surface area contributed by atoms with Crippen LogP contribution in [-0.4, -0.2) is 20.1 Å². The molecule has 0 aliphatic heterocycles. The van der Waals surface area contributed by atoms with Gasteiger partial charge < -0.3 is 14.2 Å². The molecule has 2 aromatic carbocycles. The van der Waals surface area contributed by atoms with E-state index in [0.717, 1.165) is 22.3 Å². The number of carbonyl (C=O) groups excluding carboxylic acids is 1. The van der Waals surface area contributed by atoms with Crippen LogP contribution in [0.4, 0.5) is 10.1 Å². The molecule has 1 amide bonds. The number of halogens is 1. The lowest BCUT2D eigenvalue weighted by atomic mass is 10.2. The summed E-state index contributed by atoms with van der Waals surface area (Å²) >= 11 is 0. The van der Waals surface area contributed by atoms with Crippen molar-refractivity contribution in [2.75, 3.05) is 0 Å². The van der Waals surface area contributed by atoms with Crippen LogP contribution < -0.4 is 0 Å². The number of aryl methyl sites for hydroxylation is 1. The van der Waals surface area contributed by atoms with Gasteiger partial charge >= 0.3 is 0 Å². The average Bonchev–Trinajstić information content (AvgIpc) is 3.19. The lowest BCUT2D eigenvalue weighted by Gasteiger charge is -2.10. The van der Waals surface area contributed by atoms with Gasteiger partial charge in [0.15, 0.2) is 5.69 Å². The summed E-state index contributed by atoms with van der Waals surface area (Å²) in [5.41, 5.74) is 3.75. The first-order valence-corrected chi connectivity index (χ1v) is 10.0. The number of amides is 1. The molecule has 7 heteroatoms. The van der Waals surface area contributed by atoms with Gasteiger partial charge in [0.2, 0.25) is 5.88 Å². The monoisotopic (exact) mass is 418 g/mol. The van der Waals surface area contributed by atoms with E-state index in [2.05, 4.69) is 10.2 Å². The maximum Gasteiger partial charge on any atom is 0.297 e. The van der Waals surface area contributed by atoms with E-state index in [4.69, 9.17) is 0 Å². The van der Waals surface area contributed by atoms with Crippen LogP contribution in [-0.2, 0) is 0 Å². The lowest BCUT2D eigenvalue weighted by molar-refractivity contribution is 0.0994. The molecule has 6 nitrogen and oxygen atoms in total. The quantitative estimate of drug-likeness (QED) is 0.390. The summed E-state index contributed by atoms with van der Waals surface area (Å²) in [7, 11) is 0. The summed E-state index contributed by atoms with van der Waals surface area (Å²) in [6.07, 6.45) is 0. The maximum atomic E-state index is 13.3. The van der Waals surface area contributed by atoms with Crippen molar-refractivity contribution in [2.24, 2.45) is 10.2 Å². The first-order valence-electron chi connectivity index (χ1n) is 10.0. The fourth-order valence-electron chi connectivity index (χ4n) is 3.97. The minimum Gasteiger partial charge on any atom is -0.493 e. The number of fused-ring (bicyclic) bond motifs is 1. The number of aromatic hydroxyl groups is 1. The molecule has 158 valence electrons. The summed E-state index contributed by atoms with van der Waals surface area (Å²) < 4.78 is 16.9. The fraction of sp³-hybridized carbons (Fsp3) is 0.208. The minimum atomic E-state index is -0.512. The Morgan fingerprint density at radius 3 is 2.42 bits per heavy atom. The van der Waals surface area contributed by atoms with Gasteiger partial charge in [-0.05, 0) is 64.1 Å². The van der Waals surface area contributed by atoms with Crippen LogP contribution in [0.5, 0.6) is 5.88 Å². The molecule has 0 saturated carbocycles. The van der Waals surface area contributed by atoms with Gasteiger partial charge in [0.05, 0.1) is 11.1 Å². The highest BCUT2D eigenvalue weighted by molar-refractivity contribution is 5.98. The molecule has 31 heavy (non-hydrogen) atoms. The van der Waals surface area contributed by atoms with E-state index in [1.807, 2.05) is 49.6 Å². The van der Waals surface area contributed by atoms with E-state index >= 15 is 0 Å². The summed E-state index contributed by atoms with van der Waals surface area (Å²) in [4.78, 5) is 12.9. The molecule has 2 aromatic heterocycles. The fourth-order valence-corrected chi connectivity index (χ4v) is 3.97. The Kier molecular flexibility index (Phi) is 5.19. The first-order chi connectivity index (χ1) is 14.8. The number of para-hydroxylation sites is 1. The van der Waals surface area contributed by atoms with Crippen LogP contribution in [0.2, 0.25) is 0 Å². The van der Waals surface area contributed by atoms with Gasteiger partial charge in [-0.2, -0.15) is 0 Å². The van der Waals surface area contributed by atoms with Crippen molar-refractivity contribution in [3.63, 3.8) is 0 Å². The molecule has 4 rings (SSSR count). The number of aromatic nitrogens is 2. The van der Waals surface area contributed by atoms with Gasteiger partial charge in [0.1, 0.15) is 5.82 Å². The van der Waals surface area contributed by atoms with Crippen LogP contribution in [0.25, 0.3) is 16.6 Å². The second-order valence-corrected chi connectivity index (χ2v) is 7.75. The average molecular weight is 418 g/mol. The number of hydrogen-bond donors (Lipinski definition) is 1. The number of hydrogen-bond acceptors (Lipinski definition) is 3. The molecule has 0 unspecified atom stereocenters. The van der Waals surface area contributed by atoms with E-state index in [0.29, 0.717) is 11.3 Å². The third-order valence-corrected chi connectivity index (χ3v) is 5.36. The van der Waals surface area contributed by atoms with Gasteiger partial charge in [-0.15, -0.1) is 10.2 Å². The lowest BCUT2D eigenvalue weighted by Crippen LogP contribution is -2.01. The normalized spacial score (nSPS) is 11.8. The van der Waals surface area contributed by atoms with Crippen LogP contribution in [0.3, 0.4) is 0 Å². The minimum absolute atomic E-state index is 0.0131. The van der Waals surface area contributed by atoms with E-state index in [9.17, 15) is 14.3 Å². The van der Waals surface area contributed by atoms with Crippen molar-refractivity contribution < 1.29 is 14.3 Å². The number of rotatable bonds is 4. The molecule has 0 fully saturated rings. The van der Waals surface area contributed by atoms with E-state index in [-0.39, 0.29) is 23.4 Å². The van der Waals surface area contributed by atoms with Crippen LogP contribution in [0, 0.1) is 19.7 Å². The second-order valence-electron chi connectivity index (χ2n) is 7.75. The first kappa shape index (κ1) is 20.5. The molecule has 2 heterocycles. The standard InChI is InChI=1S/C24H23FN4O2/c1-14(2)28-21-8-6-5-7-19(21)22(24(28)31)26-27-23(30)20-13-15(3)29(16(20)4)18-11-9-17(25)10-12-18/h5-14,31H,1-4H3. The highest BCUT2D eigenvalue weighted by atomic mass is 19.1. The predicted octanol–water partition coefficient (Wildman–Crippen LogP) is 6.40. The topological polar surface area (TPSA) is 71.9 Å². The van der Waals surface area contributed by atoms with Crippen molar-refractivity contribution in [3.05, 3.63) is 77.4 Å². The Morgan fingerprint density at radius 1 is 1.06 bits per heavy atom. The maximum absolute atomic E-state index is 13.3. The van der Waals surface area contributed by atoms with Crippen LogP contribution in [0.1, 0.15) is 41.6 Å². The van der Waals surface area contributed by atoms with Crippen LogP contribution in [0.15, 0.2) is 64.8 Å². The van der Waals surface area contributed by atoms with Gasteiger partial charge in [-0.1, -0.05) is 18.2 Å². The summed E-state index contributed by atoms with van der Waals surface area (Å²) in [5, 5.41) is 19.5. The second kappa shape index (κ2) is 7.83. The number of azo groups is 1. The Morgan fingerprint density at radius 2 is 1.74 bits per heavy atom.